The van der Waals surface area contributed by atoms with Gasteiger partial charge in [0, 0.05) is 25.6 Å². The van der Waals surface area contributed by atoms with Crippen molar-refractivity contribution in [3.63, 3.8) is 0 Å². The van der Waals surface area contributed by atoms with Crippen molar-refractivity contribution < 1.29 is 14.3 Å². The van der Waals surface area contributed by atoms with Crippen LogP contribution in [0.15, 0.2) is 24.3 Å². The van der Waals surface area contributed by atoms with Crippen molar-refractivity contribution in [3.05, 3.63) is 29.8 Å². The summed E-state index contributed by atoms with van der Waals surface area (Å²) in [6.45, 7) is 5.45. The van der Waals surface area contributed by atoms with Crippen LogP contribution >= 0.6 is 0 Å². The van der Waals surface area contributed by atoms with Gasteiger partial charge >= 0.3 is 0 Å². The van der Waals surface area contributed by atoms with Gasteiger partial charge in [0.1, 0.15) is 5.75 Å². The van der Waals surface area contributed by atoms with E-state index in [9.17, 15) is 9.59 Å². The summed E-state index contributed by atoms with van der Waals surface area (Å²) < 4.78 is 5.18. The number of hydrogen-bond acceptors (Lipinski definition) is 3. The monoisotopic (exact) mass is 304 g/mol. The molecule has 0 atom stereocenters. The fourth-order valence-electron chi connectivity index (χ4n) is 2.68. The molecular formula is C17H24N2O3. The minimum Gasteiger partial charge on any atom is -0.497 e. The van der Waals surface area contributed by atoms with Gasteiger partial charge in [-0.15, -0.1) is 0 Å². The highest BCUT2D eigenvalue weighted by Crippen LogP contribution is 2.15. The third-order valence-corrected chi connectivity index (χ3v) is 4.00. The molecule has 0 unspecified atom stereocenters. The van der Waals surface area contributed by atoms with Gasteiger partial charge in [-0.25, -0.2) is 0 Å². The van der Waals surface area contributed by atoms with Crippen LogP contribution in [0.4, 0.5) is 0 Å². The van der Waals surface area contributed by atoms with Gasteiger partial charge in [-0.2, -0.15) is 0 Å². The molecule has 1 fully saturated rings. The summed E-state index contributed by atoms with van der Waals surface area (Å²) in [5.74, 6) is 0.876. The molecule has 120 valence electrons. The van der Waals surface area contributed by atoms with Crippen molar-refractivity contribution in [3.8, 4) is 5.75 Å². The normalized spacial score (nSPS) is 15.4. The predicted octanol–water partition coefficient (Wildman–Crippen LogP) is 1.71. The number of aryl methyl sites for hydroxylation is 1. The molecule has 0 N–H and O–H groups in total. The van der Waals surface area contributed by atoms with E-state index >= 15 is 0 Å². The molecular weight excluding hydrogens is 280 g/mol. The molecule has 1 saturated heterocycles. The molecule has 1 aliphatic rings. The quantitative estimate of drug-likeness (QED) is 0.832. The summed E-state index contributed by atoms with van der Waals surface area (Å²) in [5.41, 5.74) is 1.07. The Bertz CT molecular complexity index is 542. The van der Waals surface area contributed by atoms with Crippen molar-refractivity contribution in [1.82, 2.24) is 9.80 Å². The summed E-state index contributed by atoms with van der Waals surface area (Å²) in [5, 5.41) is 0. The fourth-order valence-corrected chi connectivity index (χ4v) is 2.68. The molecule has 0 aliphatic carbocycles. The number of hydrogen-bond donors (Lipinski definition) is 0. The minimum atomic E-state index is 0.0379. The van der Waals surface area contributed by atoms with Gasteiger partial charge in [0.2, 0.25) is 11.8 Å². The van der Waals surface area contributed by atoms with Crippen molar-refractivity contribution in [2.24, 2.45) is 0 Å². The molecule has 2 rings (SSSR count). The number of piperazine rings is 1. The summed E-state index contributed by atoms with van der Waals surface area (Å²) in [4.78, 5) is 27.8. The van der Waals surface area contributed by atoms with Crippen LogP contribution in [0.25, 0.3) is 0 Å². The fraction of sp³-hybridized carbons (Fsp3) is 0.529. The van der Waals surface area contributed by atoms with Crippen LogP contribution in [-0.2, 0) is 16.0 Å². The average Bonchev–Trinajstić information content (AvgIpc) is 2.52. The maximum absolute atomic E-state index is 12.3. The van der Waals surface area contributed by atoms with Crippen molar-refractivity contribution in [2.45, 2.75) is 32.7 Å². The highest BCUT2D eigenvalue weighted by molar-refractivity contribution is 5.86. The highest BCUT2D eigenvalue weighted by atomic mass is 16.5. The number of nitrogens with zero attached hydrogens (tertiary/aromatic N) is 2. The van der Waals surface area contributed by atoms with E-state index in [1.165, 1.54) is 0 Å². The summed E-state index contributed by atoms with van der Waals surface area (Å²) >= 11 is 0. The van der Waals surface area contributed by atoms with Crippen LogP contribution in [0.1, 0.15) is 25.8 Å². The van der Waals surface area contributed by atoms with E-state index < -0.39 is 0 Å². The molecule has 0 spiro atoms. The molecule has 22 heavy (non-hydrogen) atoms. The van der Waals surface area contributed by atoms with Gasteiger partial charge in [-0.3, -0.25) is 9.59 Å². The molecule has 5 nitrogen and oxygen atoms in total. The minimum absolute atomic E-state index is 0.0379. The first-order valence-electron chi connectivity index (χ1n) is 7.71. The lowest BCUT2D eigenvalue weighted by molar-refractivity contribution is -0.146. The van der Waals surface area contributed by atoms with Crippen LogP contribution < -0.4 is 4.74 Å². The lowest BCUT2D eigenvalue weighted by atomic mass is 10.1. The van der Waals surface area contributed by atoms with E-state index in [1.54, 1.807) is 12.0 Å². The maximum Gasteiger partial charge on any atom is 0.242 e. The Hall–Kier alpha value is -2.04. The third kappa shape index (κ3) is 4.00. The van der Waals surface area contributed by atoms with Crippen LogP contribution in [0.5, 0.6) is 5.75 Å². The topological polar surface area (TPSA) is 49.9 Å². The van der Waals surface area contributed by atoms with E-state index in [1.807, 2.05) is 43.0 Å². The molecule has 0 bridgehead atoms. The van der Waals surface area contributed by atoms with Crippen molar-refractivity contribution >= 4 is 11.8 Å². The van der Waals surface area contributed by atoms with Crippen LogP contribution in [0.2, 0.25) is 0 Å². The molecule has 1 aliphatic heterocycles. The number of carbonyl (C=O) groups is 2. The number of carbonyl (C=O) groups excluding carboxylic acids is 2. The first-order chi connectivity index (χ1) is 10.5. The van der Waals surface area contributed by atoms with Gasteiger partial charge < -0.3 is 14.5 Å². The number of methoxy groups -OCH3 is 1. The molecule has 5 heteroatoms. The lowest BCUT2D eigenvalue weighted by Gasteiger charge is -2.36. The van der Waals surface area contributed by atoms with Gasteiger partial charge in [0.15, 0.2) is 0 Å². The Kier molecular flexibility index (Phi) is 5.41. The smallest absolute Gasteiger partial charge is 0.242 e. The van der Waals surface area contributed by atoms with E-state index in [0.717, 1.165) is 11.3 Å². The van der Waals surface area contributed by atoms with E-state index in [-0.39, 0.29) is 24.4 Å². The number of benzene rings is 1. The van der Waals surface area contributed by atoms with E-state index in [4.69, 9.17) is 4.74 Å². The van der Waals surface area contributed by atoms with E-state index in [2.05, 4.69) is 0 Å². The summed E-state index contributed by atoms with van der Waals surface area (Å²) in [7, 11) is 1.63. The first-order valence-corrected chi connectivity index (χ1v) is 7.71. The Morgan fingerprint density at radius 1 is 1.32 bits per heavy atom. The molecule has 0 saturated carbocycles. The lowest BCUT2D eigenvalue weighted by Crippen LogP contribution is -2.54. The zero-order valence-electron chi connectivity index (χ0n) is 13.5. The highest BCUT2D eigenvalue weighted by Gasteiger charge is 2.27. The Morgan fingerprint density at radius 2 is 2.09 bits per heavy atom. The third-order valence-electron chi connectivity index (χ3n) is 4.00. The summed E-state index contributed by atoms with van der Waals surface area (Å²) in [6.07, 6.45) is 1.08. The number of ether oxygens (including phenoxy) is 1. The zero-order chi connectivity index (χ0) is 16.1. The standard InChI is InChI=1S/C17H24N2O3/c1-13(2)19-10-9-18(12-17(19)21)16(20)8-7-14-5-4-6-15(11-14)22-3/h4-6,11,13H,7-10,12H2,1-3H3. The van der Waals surface area contributed by atoms with Crippen LogP contribution in [-0.4, -0.2) is 54.4 Å². The zero-order valence-corrected chi connectivity index (χ0v) is 13.5. The van der Waals surface area contributed by atoms with Gasteiger partial charge in [0.25, 0.3) is 0 Å². The van der Waals surface area contributed by atoms with Gasteiger partial charge in [-0.1, -0.05) is 12.1 Å². The largest absolute Gasteiger partial charge is 0.497 e. The maximum atomic E-state index is 12.3. The predicted molar refractivity (Wildman–Crippen MR) is 84.7 cm³/mol. The average molecular weight is 304 g/mol. The molecule has 0 radical (unpaired) electrons. The molecule has 0 aromatic heterocycles. The first kappa shape index (κ1) is 16.3. The number of amides is 2. The Labute approximate surface area is 131 Å². The molecule has 1 heterocycles. The SMILES string of the molecule is COc1cccc(CCC(=O)N2CCN(C(C)C)C(=O)C2)c1. The van der Waals surface area contributed by atoms with Gasteiger partial charge in [0.05, 0.1) is 13.7 Å². The molecule has 2 amide bonds. The Balaban J connectivity index is 1.86. The molecule has 1 aromatic rings. The van der Waals surface area contributed by atoms with Crippen molar-refractivity contribution in [2.75, 3.05) is 26.7 Å². The number of rotatable bonds is 5. The van der Waals surface area contributed by atoms with Crippen LogP contribution in [0.3, 0.4) is 0 Å². The molecule has 1 aromatic carbocycles. The second-order valence-corrected chi connectivity index (χ2v) is 5.85. The van der Waals surface area contributed by atoms with E-state index in [0.29, 0.717) is 25.9 Å². The second-order valence-electron chi connectivity index (χ2n) is 5.85. The van der Waals surface area contributed by atoms with Gasteiger partial charge in [-0.05, 0) is 38.0 Å². The summed E-state index contributed by atoms with van der Waals surface area (Å²) in [6, 6.07) is 7.92. The Morgan fingerprint density at radius 3 is 2.73 bits per heavy atom. The van der Waals surface area contributed by atoms with Crippen LogP contribution in [0, 0.1) is 0 Å². The second kappa shape index (κ2) is 7.29. The van der Waals surface area contributed by atoms with Crippen molar-refractivity contribution in [1.29, 1.82) is 0 Å².